The molecular weight excluding hydrogens is 487 g/mol. The fourth-order valence-corrected chi connectivity index (χ4v) is 1.35. The molecule has 0 aromatic heterocycles. The number of carbonyl (C=O) groups excluding carboxylic acids is 1. The van der Waals surface area contributed by atoms with E-state index < -0.39 is 24.8 Å². The Bertz CT molecular complexity index is 470. The number of allylic oxidation sites excluding steroid dienone is 2. The van der Waals surface area contributed by atoms with Crippen LogP contribution in [0.15, 0.2) is 18.2 Å². The Morgan fingerprint density at radius 3 is 2.53 bits per heavy atom. The summed E-state index contributed by atoms with van der Waals surface area (Å²) in [7, 11) is 0. The third-order valence-electron chi connectivity index (χ3n) is 2.14. The Morgan fingerprint density at radius 2 is 2.05 bits per heavy atom. The molecule has 7 heteroatoms. The molecule has 0 unspecified atom stereocenters. The van der Waals surface area contributed by atoms with Gasteiger partial charge in [0.15, 0.2) is 0 Å². The van der Waals surface area contributed by atoms with Crippen molar-refractivity contribution in [3.63, 3.8) is 0 Å². The van der Waals surface area contributed by atoms with E-state index in [1.165, 1.54) is 6.29 Å². The third kappa shape index (κ3) is 6.17. The van der Waals surface area contributed by atoms with Gasteiger partial charge in [0.2, 0.25) is 0 Å². The first-order valence-electron chi connectivity index (χ1n) is 4.91. The molecule has 0 saturated heterocycles. The van der Waals surface area contributed by atoms with Crippen LogP contribution in [-0.4, -0.2) is 22.7 Å². The van der Waals surface area contributed by atoms with Gasteiger partial charge in [0.1, 0.15) is 0 Å². The van der Waals surface area contributed by atoms with E-state index in [9.17, 15) is 23.1 Å². The first kappa shape index (κ1) is 18.1. The van der Waals surface area contributed by atoms with Crippen molar-refractivity contribution in [3.8, 4) is 11.5 Å². The molecule has 0 aliphatic rings. The molecule has 0 heterocycles. The largest absolute Gasteiger partial charge is 2.00 e. The summed E-state index contributed by atoms with van der Waals surface area (Å²) < 4.78 is 36.3. The number of halogens is 3. The van der Waals surface area contributed by atoms with Gasteiger partial charge in [-0.05, 0) is 6.29 Å². The molecule has 1 rings (SSSR count). The van der Waals surface area contributed by atoms with Gasteiger partial charge in [-0.25, -0.2) is 0 Å². The summed E-state index contributed by atoms with van der Waals surface area (Å²) in [5.74, 6) is -0.722. The molecule has 0 saturated carbocycles. The second-order valence-electron chi connectivity index (χ2n) is 3.52. The van der Waals surface area contributed by atoms with Gasteiger partial charge >= 0.3 is 37.3 Å². The van der Waals surface area contributed by atoms with Crippen LogP contribution in [0.4, 0.5) is 13.2 Å². The number of hydrogen-bond acceptors (Lipinski definition) is 3. The molecule has 19 heavy (non-hydrogen) atoms. The van der Waals surface area contributed by atoms with Crippen molar-refractivity contribution in [1.29, 1.82) is 0 Å². The number of rotatable bonds is 4. The van der Waals surface area contributed by atoms with Gasteiger partial charge in [0.25, 0.3) is 0 Å². The van der Waals surface area contributed by atoms with Crippen LogP contribution in [0.2, 0.25) is 0 Å². The van der Waals surface area contributed by atoms with E-state index in [1.54, 1.807) is 0 Å². The van der Waals surface area contributed by atoms with Gasteiger partial charge in [0, 0.05) is 17.9 Å². The molecule has 0 spiro atoms. The van der Waals surface area contributed by atoms with Crippen LogP contribution in [0.1, 0.15) is 18.4 Å². The number of aromatic hydroxyl groups is 2. The van der Waals surface area contributed by atoms with Crippen molar-refractivity contribution in [2.24, 2.45) is 0 Å². The maximum Gasteiger partial charge on any atom is 2.00 e. The summed E-state index contributed by atoms with van der Waals surface area (Å²) in [5.41, 5.74) is -0.0970. The average molecular weight is 496 g/mol. The fraction of sp³-hybridized carbons (Fsp3) is 0.250. The number of alkyl halides is 3. The summed E-state index contributed by atoms with van der Waals surface area (Å²) in [4.78, 5) is 10.3. The third-order valence-corrected chi connectivity index (χ3v) is 2.14. The van der Waals surface area contributed by atoms with E-state index >= 15 is 0 Å². The van der Waals surface area contributed by atoms with Crippen LogP contribution < -0.4 is 0 Å². The number of benzene rings is 1. The molecule has 1 aromatic rings. The Balaban J connectivity index is 0.00000324. The summed E-state index contributed by atoms with van der Waals surface area (Å²) in [5, 5.41) is 18.5. The minimum absolute atomic E-state index is 0. The number of phenols is 2. The van der Waals surface area contributed by atoms with E-state index in [1.807, 2.05) is 0 Å². The van der Waals surface area contributed by atoms with Crippen molar-refractivity contribution < 1.29 is 59.3 Å². The van der Waals surface area contributed by atoms with Crippen molar-refractivity contribution in [2.45, 2.75) is 19.0 Å². The Labute approximate surface area is 131 Å². The topological polar surface area (TPSA) is 57.5 Å². The molecule has 100 valence electrons. The minimum Gasteiger partial charge on any atom is -0.551 e. The van der Waals surface area contributed by atoms with Gasteiger partial charge in [-0.15, -0.1) is 23.3 Å². The van der Waals surface area contributed by atoms with Crippen LogP contribution in [0, 0.1) is 37.2 Å². The SMILES string of the molecule is O=[C-]C=C(CCC(F)(F)F)c1[c-]cc(O)cc1O.[U+2]. The van der Waals surface area contributed by atoms with Gasteiger partial charge in [0.05, 0.1) is 0 Å². The molecule has 0 aliphatic carbocycles. The van der Waals surface area contributed by atoms with Crippen LogP contribution in [0.5, 0.6) is 11.5 Å². The van der Waals surface area contributed by atoms with Crippen molar-refractivity contribution in [1.82, 2.24) is 0 Å². The van der Waals surface area contributed by atoms with Gasteiger partial charge < -0.3 is 15.0 Å². The quantitative estimate of drug-likeness (QED) is 0.498. The fourth-order valence-electron chi connectivity index (χ4n) is 1.35. The van der Waals surface area contributed by atoms with Crippen LogP contribution in [0.3, 0.4) is 0 Å². The molecule has 0 amide bonds. The standard InChI is InChI=1S/C12H9F3O3.U/c13-12(14,15)5-3-8(4-6-16)10-2-1-9(17)7-11(10)18;/h1,4,7,17-18H,3,5H2;/q-2;+2. The second kappa shape index (κ2) is 7.61. The Kier molecular flexibility index (Phi) is 7.24. The summed E-state index contributed by atoms with van der Waals surface area (Å²) in [6.07, 6.45) is -3.79. The zero-order valence-corrected chi connectivity index (χ0v) is 13.7. The van der Waals surface area contributed by atoms with E-state index in [2.05, 4.69) is 6.07 Å². The number of hydrogen-bond donors (Lipinski definition) is 2. The molecule has 3 nitrogen and oxygen atoms in total. The molecule has 2 N–H and O–H groups in total. The minimum atomic E-state index is -4.37. The molecular formula is C12H9F3O3U. The summed E-state index contributed by atoms with van der Waals surface area (Å²) >= 11 is 0. The second-order valence-corrected chi connectivity index (χ2v) is 3.52. The molecule has 0 aliphatic heterocycles. The maximum absolute atomic E-state index is 12.1. The van der Waals surface area contributed by atoms with E-state index in [-0.39, 0.29) is 48.0 Å². The average Bonchev–Trinajstić information content (AvgIpc) is 2.24. The predicted molar refractivity (Wildman–Crippen MR) is 57.6 cm³/mol. The van der Waals surface area contributed by atoms with E-state index in [0.29, 0.717) is 0 Å². The van der Waals surface area contributed by atoms with Crippen molar-refractivity contribution in [3.05, 3.63) is 29.8 Å². The number of phenolic OH excluding ortho intramolecular Hbond substituents is 2. The zero-order valence-electron chi connectivity index (χ0n) is 9.58. The van der Waals surface area contributed by atoms with Crippen molar-refractivity contribution in [2.75, 3.05) is 0 Å². The maximum atomic E-state index is 12.1. The zero-order chi connectivity index (χ0) is 13.8. The summed E-state index contributed by atoms with van der Waals surface area (Å²) in [6.45, 7) is 0. The van der Waals surface area contributed by atoms with Gasteiger partial charge in [-0.2, -0.15) is 19.2 Å². The van der Waals surface area contributed by atoms with Gasteiger partial charge in [-0.3, -0.25) is 0 Å². The van der Waals surface area contributed by atoms with E-state index in [0.717, 1.165) is 18.2 Å². The predicted octanol–water partition coefficient (Wildman–Crippen LogP) is 2.73. The first-order valence-corrected chi connectivity index (χ1v) is 4.91. The van der Waals surface area contributed by atoms with Crippen LogP contribution >= 0.6 is 0 Å². The van der Waals surface area contributed by atoms with Crippen LogP contribution in [0.25, 0.3) is 5.57 Å². The van der Waals surface area contributed by atoms with Crippen LogP contribution in [-0.2, 0) is 4.79 Å². The Hall–Kier alpha value is -0.928. The molecule has 0 fully saturated rings. The monoisotopic (exact) mass is 496 g/mol. The van der Waals surface area contributed by atoms with Crippen molar-refractivity contribution >= 4 is 11.9 Å². The molecule has 0 radical (unpaired) electrons. The smallest absolute Gasteiger partial charge is 0.551 e. The Morgan fingerprint density at radius 1 is 1.42 bits per heavy atom. The normalized spacial score (nSPS) is 11.8. The molecule has 1 aromatic carbocycles. The first-order chi connectivity index (χ1) is 8.33. The molecule has 0 atom stereocenters. The van der Waals surface area contributed by atoms with E-state index in [4.69, 9.17) is 5.11 Å². The van der Waals surface area contributed by atoms with Gasteiger partial charge in [-0.1, -0.05) is 12.5 Å². The summed E-state index contributed by atoms with van der Waals surface area (Å²) in [6, 6.07) is 4.45. The molecule has 0 bridgehead atoms.